The molecule has 0 aromatic carbocycles. The van der Waals surface area contributed by atoms with E-state index in [4.69, 9.17) is 0 Å². The van der Waals surface area contributed by atoms with Crippen molar-refractivity contribution in [3.05, 3.63) is 0 Å². The first-order valence-corrected chi connectivity index (χ1v) is 4.11. The highest BCUT2D eigenvalue weighted by Gasteiger charge is 2.33. The van der Waals surface area contributed by atoms with Crippen molar-refractivity contribution in [2.75, 3.05) is 6.54 Å². The van der Waals surface area contributed by atoms with E-state index in [0.29, 0.717) is 11.8 Å². The molecule has 1 saturated carbocycles. The summed E-state index contributed by atoms with van der Waals surface area (Å²) < 4.78 is 0. The Labute approximate surface area is 61.0 Å². The Balaban J connectivity index is 1.89. The summed E-state index contributed by atoms with van der Waals surface area (Å²) in [7, 11) is 0. The number of Topliss-reactive ketones (excluding diaryl/α,β-unsaturated/α-hetero) is 1. The van der Waals surface area contributed by atoms with Crippen LogP contribution in [0.5, 0.6) is 0 Å². The highest BCUT2D eigenvalue weighted by molar-refractivity contribution is 5.80. The van der Waals surface area contributed by atoms with Crippen LogP contribution in [-0.4, -0.2) is 18.4 Å². The molecule has 0 unspecified atom stereocenters. The second-order valence-corrected chi connectivity index (χ2v) is 3.39. The third-order valence-corrected chi connectivity index (χ3v) is 2.45. The van der Waals surface area contributed by atoms with Crippen LogP contribution in [0, 0.1) is 5.92 Å². The van der Waals surface area contributed by atoms with Crippen molar-refractivity contribution in [1.82, 2.24) is 5.32 Å². The number of nitrogens with one attached hydrogen (secondary N) is 1. The molecule has 10 heavy (non-hydrogen) atoms. The largest absolute Gasteiger partial charge is 0.313 e. The zero-order valence-corrected chi connectivity index (χ0v) is 6.10. The van der Waals surface area contributed by atoms with Crippen molar-refractivity contribution in [3.63, 3.8) is 0 Å². The summed E-state index contributed by atoms with van der Waals surface area (Å²) >= 11 is 0. The summed E-state index contributed by atoms with van der Waals surface area (Å²) in [5.74, 6) is 1.29. The lowest BCUT2D eigenvalue weighted by Gasteiger charge is -2.21. The summed E-state index contributed by atoms with van der Waals surface area (Å²) in [6.45, 7) is 0.917. The molecule has 0 radical (unpaired) electrons. The predicted octanol–water partition coefficient (Wildman–Crippen LogP) is 0.718. The van der Waals surface area contributed by atoms with E-state index in [1.54, 1.807) is 0 Å². The van der Waals surface area contributed by atoms with E-state index in [-0.39, 0.29) is 0 Å². The van der Waals surface area contributed by atoms with E-state index in [1.807, 2.05) is 0 Å². The Morgan fingerprint density at radius 3 is 2.80 bits per heavy atom. The number of rotatable bonds is 1. The molecule has 2 fully saturated rings. The number of carbonyl (C=O) groups is 1. The van der Waals surface area contributed by atoms with Gasteiger partial charge in [-0.05, 0) is 18.8 Å². The lowest BCUT2D eigenvalue weighted by molar-refractivity contribution is -0.120. The van der Waals surface area contributed by atoms with Gasteiger partial charge < -0.3 is 5.32 Å². The molecule has 2 heteroatoms. The standard InChI is InChI=1S/C8H13NO/c10-7-3-4-9-8(5-7)6-1-2-6/h6,8-9H,1-5H2/t8-/m0/s1. The van der Waals surface area contributed by atoms with Gasteiger partial charge in [0, 0.05) is 25.4 Å². The molecule has 0 spiro atoms. The topological polar surface area (TPSA) is 29.1 Å². The van der Waals surface area contributed by atoms with E-state index in [9.17, 15) is 4.79 Å². The molecule has 1 N–H and O–H groups in total. The highest BCUT2D eigenvalue weighted by atomic mass is 16.1. The van der Waals surface area contributed by atoms with Crippen molar-refractivity contribution < 1.29 is 4.79 Å². The lowest BCUT2D eigenvalue weighted by Crippen LogP contribution is -2.39. The van der Waals surface area contributed by atoms with Gasteiger partial charge in [-0.3, -0.25) is 4.79 Å². The summed E-state index contributed by atoms with van der Waals surface area (Å²) in [6, 6.07) is 0.543. The number of hydrogen-bond donors (Lipinski definition) is 1. The number of carbonyl (C=O) groups excluding carboxylic acids is 1. The van der Waals surface area contributed by atoms with Gasteiger partial charge in [-0.15, -0.1) is 0 Å². The van der Waals surface area contributed by atoms with Crippen LogP contribution < -0.4 is 5.32 Å². The maximum absolute atomic E-state index is 11.0. The van der Waals surface area contributed by atoms with Crippen LogP contribution in [0.3, 0.4) is 0 Å². The van der Waals surface area contributed by atoms with Crippen molar-refractivity contribution in [2.24, 2.45) is 5.92 Å². The Bertz CT molecular complexity index is 151. The molecular formula is C8H13NO. The average molecular weight is 139 g/mol. The molecule has 2 rings (SSSR count). The molecule has 0 aromatic rings. The van der Waals surface area contributed by atoms with Crippen LogP contribution in [0.4, 0.5) is 0 Å². The van der Waals surface area contributed by atoms with E-state index in [0.717, 1.165) is 25.3 Å². The smallest absolute Gasteiger partial charge is 0.135 e. The second kappa shape index (κ2) is 2.35. The minimum Gasteiger partial charge on any atom is -0.313 e. The Kier molecular flexibility index (Phi) is 1.49. The Hall–Kier alpha value is -0.370. The van der Waals surface area contributed by atoms with Crippen LogP contribution >= 0.6 is 0 Å². The maximum atomic E-state index is 11.0. The van der Waals surface area contributed by atoms with Gasteiger partial charge >= 0.3 is 0 Å². The van der Waals surface area contributed by atoms with Gasteiger partial charge in [0.15, 0.2) is 0 Å². The first kappa shape index (κ1) is 6.35. The van der Waals surface area contributed by atoms with E-state index in [2.05, 4.69) is 5.32 Å². The molecule has 1 aliphatic heterocycles. The summed E-state index contributed by atoms with van der Waals surface area (Å²) in [4.78, 5) is 11.0. The molecule has 1 atom stereocenters. The zero-order chi connectivity index (χ0) is 6.97. The van der Waals surface area contributed by atoms with Crippen molar-refractivity contribution in [2.45, 2.75) is 31.7 Å². The predicted molar refractivity (Wildman–Crippen MR) is 38.8 cm³/mol. The third-order valence-electron chi connectivity index (χ3n) is 2.45. The first-order chi connectivity index (χ1) is 4.86. The number of piperidine rings is 1. The molecule has 1 heterocycles. The summed E-state index contributed by atoms with van der Waals surface area (Å²) in [5.41, 5.74) is 0. The molecular weight excluding hydrogens is 126 g/mol. The average Bonchev–Trinajstić information content (AvgIpc) is 2.68. The highest BCUT2D eigenvalue weighted by Crippen LogP contribution is 2.34. The minimum absolute atomic E-state index is 0.454. The van der Waals surface area contributed by atoms with E-state index >= 15 is 0 Å². The van der Waals surface area contributed by atoms with Crippen molar-refractivity contribution >= 4 is 5.78 Å². The van der Waals surface area contributed by atoms with Gasteiger partial charge in [0.25, 0.3) is 0 Å². The van der Waals surface area contributed by atoms with Crippen LogP contribution in [0.15, 0.2) is 0 Å². The van der Waals surface area contributed by atoms with Crippen LogP contribution in [0.25, 0.3) is 0 Å². The van der Waals surface area contributed by atoms with Crippen molar-refractivity contribution in [1.29, 1.82) is 0 Å². The fourth-order valence-electron chi connectivity index (χ4n) is 1.65. The summed E-state index contributed by atoms with van der Waals surface area (Å²) in [5, 5.41) is 3.39. The quantitative estimate of drug-likeness (QED) is 0.580. The number of ketones is 1. The minimum atomic E-state index is 0.454. The van der Waals surface area contributed by atoms with Crippen LogP contribution in [0.1, 0.15) is 25.7 Å². The molecule has 56 valence electrons. The van der Waals surface area contributed by atoms with Gasteiger partial charge in [-0.2, -0.15) is 0 Å². The molecule has 0 bridgehead atoms. The normalized spacial score (nSPS) is 34.4. The van der Waals surface area contributed by atoms with Crippen molar-refractivity contribution in [3.8, 4) is 0 Å². The van der Waals surface area contributed by atoms with Gasteiger partial charge in [0.05, 0.1) is 0 Å². The van der Waals surface area contributed by atoms with Gasteiger partial charge in [-0.25, -0.2) is 0 Å². The SMILES string of the molecule is O=C1CCN[C@H](C2CC2)C1. The molecule has 2 nitrogen and oxygen atoms in total. The Morgan fingerprint density at radius 1 is 1.40 bits per heavy atom. The van der Waals surface area contributed by atoms with E-state index < -0.39 is 0 Å². The first-order valence-electron chi connectivity index (χ1n) is 4.11. The van der Waals surface area contributed by atoms with E-state index in [1.165, 1.54) is 12.8 Å². The van der Waals surface area contributed by atoms with Gasteiger partial charge in [0.1, 0.15) is 5.78 Å². The fourth-order valence-corrected chi connectivity index (χ4v) is 1.65. The third kappa shape index (κ3) is 1.21. The monoisotopic (exact) mass is 139 g/mol. The molecule has 1 aliphatic carbocycles. The summed E-state index contributed by atoms with van der Waals surface area (Å²) in [6.07, 6.45) is 4.23. The maximum Gasteiger partial charge on any atom is 0.135 e. The second-order valence-electron chi connectivity index (χ2n) is 3.39. The van der Waals surface area contributed by atoms with Gasteiger partial charge in [-0.1, -0.05) is 0 Å². The van der Waals surface area contributed by atoms with Crippen LogP contribution in [0.2, 0.25) is 0 Å². The fraction of sp³-hybridized carbons (Fsp3) is 0.875. The lowest BCUT2D eigenvalue weighted by atomic mass is 10.00. The Morgan fingerprint density at radius 2 is 2.20 bits per heavy atom. The zero-order valence-electron chi connectivity index (χ0n) is 6.10. The molecule has 1 saturated heterocycles. The molecule has 2 aliphatic rings. The molecule has 0 aromatic heterocycles. The van der Waals surface area contributed by atoms with Crippen LogP contribution in [-0.2, 0) is 4.79 Å². The van der Waals surface area contributed by atoms with Gasteiger partial charge in [0.2, 0.25) is 0 Å². The molecule has 0 amide bonds. The number of hydrogen-bond acceptors (Lipinski definition) is 2.